The second-order valence-electron chi connectivity index (χ2n) is 4.95. The minimum absolute atomic E-state index is 0.261. The lowest BCUT2D eigenvalue weighted by atomic mass is 10.0. The Balaban J connectivity index is 2.16. The van der Waals surface area contributed by atoms with Gasteiger partial charge in [-0.05, 0) is 25.5 Å². The Labute approximate surface area is 120 Å². The van der Waals surface area contributed by atoms with Gasteiger partial charge in [0.05, 0.1) is 18.3 Å². The molecule has 1 aliphatic heterocycles. The van der Waals surface area contributed by atoms with Crippen LogP contribution in [-0.2, 0) is 9.53 Å². The van der Waals surface area contributed by atoms with Crippen molar-refractivity contribution in [3.8, 4) is 0 Å². The first-order chi connectivity index (χ1) is 9.76. The number of rotatable bonds is 6. The molecule has 0 bridgehead atoms. The molecule has 0 amide bonds. The van der Waals surface area contributed by atoms with Crippen LogP contribution >= 0.6 is 0 Å². The maximum atomic E-state index is 11.9. The highest BCUT2D eigenvalue weighted by atomic mass is 16.5. The quantitative estimate of drug-likeness (QED) is 0.747. The summed E-state index contributed by atoms with van der Waals surface area (Å²) in [5, 5.41) is 6.46. The van der Waals surface area contributed by atoms with Crippen LogP contribution < -0.4 is 5.01 Å². The van der Waals surface area contributed by atoms with Gasteiger partial charge in [-0.2, -0.15) is 5.10 Å². The van der Waals surface area contributed by atoms with Crippen LogP contribution in [0.2, 0.25) is 0 Å². The van der Waals surface area contributed by atoms with E-state index in [-0.39, 0.29) is 12.0 Å². The fraction of sp³-hybridized carbons (Fsp3) is 0.500. The van der Waals surface area contributed by atoms with E-state index < -0.39 is 0 Å². The Morgan fingerprint density at radius 2 is 2.10 bits per heavy atom. The van der Waals surface area contributed by atoms with E-state index in [0.29, 0.717) is 18.7 Å². The number of anilines is 1. The molecule has 1 heterocycles. The van der Waals surface area contributed by atoms with Crippen LogP contribution in [0.4, 0.5) is 5.69 Å². The van der Waals surface area contributed by atoms with Crippen molar-refractivity contribution in [1.82, 2.24) is 0 Å². The van der Waals surface area contributed by atoms with E-state index in [0.717, 1.165) is 24.9 Å². The molecule has 0 aliphatic carbocycles. The normalized spacial score (nSPS) is 18.0. The standard InChI is InChI=1S/C16H22N2O2/c1-3-5-9-14-12-15(16(19)20-4-2)17-18(14)13-10-7-6-8-11-13/h6-8,10-11,14H,3-5,9,12H2,1-2H3/t14-/m0/s1. The summed E-state index contributed by atoms with van der Waals surface area (Å²) < 4.78 is 5.07. The summed E-state index contributed by atoms with van der Waals surface area (Å²) in [4.78, 5) is 11.9. The first-order valence-corrected chi connectivity index (χ1v) is 7.35. The number of para-hydroxylation sites is 1. The van der Waals surface area contributed by atoms with Gasteiger partial charge in [0.1, 0.15) is 5.71 Å². The van der Waals surface area contributed by atoms with Gasteiger partial charge in [0.2, 0.25) is 0 Å². The van der Waals surface area contributed by atoms with Crippen LogP contribution in [0.15, 0.2) is 35.4 Å². The zero-order chi connectivity index (χ0) is 14.4. The van der Waals surface area contributed by atoms with E-state index >= 15 is 0 Å². The summed E-state index contributed by atoms with van der Waals surface area (Å²) in [6.45, 7) is 4.38. The Kier molecular flexibility index (Phi) is 5.16. The summed E-state index contributed by atoms with van der Waals surface area (Å²) in [5.41, 5.74) is 1.57. The molecule has 0 N–H and O–H groups in total. The highest BCUT2D eigenvalue weighted by molar-refractivity contribution is 6.37. The summed E-state index contributed by atoms with van der Waals surface area (Å²) in [5.74, 6) is -0.285. The fourth-order valence-corrected chi connectivity index (χ4v) is 2.41. The molecule has 1 aromatic rings. The molecule has 4 heteroatoms. The number of carbonyl (C=O) groups excluding carboxylic acids is 1. The van der Waals surface area contributed by atoms with Crippen LogP contribution in [-0.4, -0.2) is 24.3 Å². The lowest BCUT2D eigenvalue weighted by Gasteiger charge is -2.23. The molecular weight excluding hydrogens is 252 g/mol. The van der Waals surface area contributed by atoms with Crippen LogP contribution in [0, 0.1) is 0 Å². The van der Waals surface area contributed by atoms with Crippen molar-refractivity contribution in [2.24, 2.45) is 5.10 Å². The number of hydrogen-bond acceptors (Lipinski definition) is 4. The van der Waals surface area contributed by atoms with Gasteiger partial charge in [0.25, 0.3) is 0 Å². The third-order valence-electron chi connectivity index (χ3n) is 3.43. The van der Waals surface area contributed by atoms with Gasteiger partial charge in [-0.1, -0.05) is 38.0 Å². The Bertz CT molecular complexity index is 471. The largest absolute Gasteiger partial charge is 0.461 e. The molecule has 0 radical (unpaired) electrons. The average molecular weight is 274 g/mol. The van der Waals surface area contributed by atoms with Gasteiger partial charge in [0.15, 0.2) is 0 Å². The van der Waals surface area contributed by atoms with Crippen molar-refractivity contribution in [3.63, 3.8) is 0 Å². The topological polar surface area (TPSA) is 41.9 Å². The number of nitrogens with zero attached hydrogens (tertiary/aromatic N) is 2. The van der Waals surface area contributed by atoms with Gasteiger partial charge in [-0.25, -0.2) is 4.79 Å². The molecule has 0 spiro atoms. The van der Waals surface area contributed by atoms with E-state index in [2.05, 4.69) is 12.0 Å². The summed E-state index contributed by atoms with van der Waals surface area (Å²) >= 11 is 0. The molecular formula is C16H22N2O2. The Morgan fingerprint density at radius 1 is 1.35 bits per heavy atom. The van der Waals surface area contributed by atoms with Gasteiger partial charge in [-0.15, -0.1) is 0 Å². The molecule has 20 heavy (non-hydrogen) atoms. The maximum absolute atomic E-state index is 11.9. The number of benzene rings is 1. The molecule has 2 rings (SSSR count). The third kappa shape index (κ3) is 3.38. The molecule has 1 aromatic carbocycles. The first kappa shape index (κ1) is 14.6. The predicted molar refractivity (Wildman–Crippen MR) is 80.9 cm³/mol. The van der Waals surface area contributed by atoms with Crippen molar-refractivity contribution in [3.05, 3.63) is 30.3 Å². The molecule has 108 valence electrons. The number of hydrazone groups is 1. The number of ether oxygens (including phenoxy) is 1. The lowest BCUT2D eigenvalue weighted by Crippen LogP contribution is -2.26. The molecule has 1 aliphatic rings. The van der Waals surface area contributed by atoms with Gasteiger partial charge in [0, 0.05) is 6.42 Å². The van der Waals surface area contributed by atoms with E-state index in [1.807, 2.05) is 42.3 Å². The van der Waals surface area contributed by atoms with E-state index in [1.54, 1.807) is 0 Å². The lowest BCUT2D eigenvalue weighted by molar-refractivity contribution is -0.135. The van der Waals surface area contributed by atoms with E-state index in [1.165, 1.54) is 0 Å². The zero-order valence-electron chi connectivity index (χ0n) is 12.2. The Hall–Kier alpha value is -1.84. The fourth-order valence-electron chi connectivity index (χ4n) is 2.41. The summed E-state index contributed by atoms with van der Waals surface area (Å²) in [6.07, 6.45) is 4.00. The Morgan fingerprint density at radius 3 is 2.75 bits per heavy atom. The van der Waals surface area contributed by atoms with Crippen molar-refractivity contribution in [2.75, 3.05) is 11.6 Å². The second-order valence-corrected chi connectivity index (χ2v) is 4.95. The number of carbonyl (C=O) groups is 1. The molecule has 0 saturated heterocycles. The SMILES string of the molecule is CCCC[C@H]1CC(C(=O)OCC)=NN1c1ccccc1. The smallest absolute Gasteiger partial charge is 0.354 e. The number of unbranched alkanes of at least 4 members (excludes halogenated alkanes) is 1. The van der Waals surface area contributed by atoms with Crippen molar-refractivity contribution >= 4 is 17.4 Å². The highest BCUT2D eigenvalue weighted by Crippen LogP contribution is 2.27. The monoisotopic (exact) mass is 274 g/mol. The molecule has 0 aromatic heterocycles. The molecule has 1 atom stereocenters. The van der Waals surface area contributed by atoms with Gasteiger partial charge >= 0.3 is 5.97 Å². The zero-order valence-corrected chi connectivity index (χ0v) is 12.2. The number of esters is 1. The summed E-state index contributed by atoms with van der Waals surface area (Å²) in [7, 11) is 0. The maximum Gasteiger partial charge on any atom is 0.354 e. The third-order valence-corrected chi connectivity index (χ3v) is 3.43. The van der Waals surface area contributed by atoms with Crippen LogP contribution in [0.25, 0.3) is 0 Å². The molecule has 0 saturated carbocycles. The number of hydrogen-bond donors (Lipinski definition) is 0. The second kappa shape index (κ2) is 7.08. The van der Waals surface area contributed by atoms with Crippen molar-refractivity contribution in [1.29, 1.82) is 0 Å². The minimum atomic E-state index is -0.285. The van der Waals surface area contributed by atoms with Crippen LogP contribution in [0.3, 0.4) is 0 Å². The van der Waals surface area contributed by atoms with Crippen LogP contribution in [0.1, 0.15) is 39.5 Å². The molecule has 0 fully saturated rings. The summed E-state index contributed by atoms with van der Waals surface area (Å²) in [6, 6.07) is 10.3. The minimum Gasteiger partial charge on any atom is -0.461 e. The van der Waals surface area contributed by atoms with E-state index in [4.69, 9.17) is 4.74 Å². The van der Waals surface area contributed by atoms with Gasteiger partial charge in [-0.3, -0.25) is 5.01 Å². The van der Waals surface area contributed by atoms with Crippen molar-refractivity contribution < 1.29 is 9.53 Å². The first-order valence-electron chi connectivity index (χ1n) is 7.35. The molecule has 4 nitrogen and oxygen atoms in total. The van der Waals surface area contributed by atoms with Crippen molar-refractivity contribution in [2.45, 2.75) is 45.6 Å². The van der Waals surface area contributed by atoms with Gasteiger partial charge < -0.3 is 4.74 Å². The molecule has 0 unspecified atom stereocenters. The average Bonchev–Trinajstić information content (AvgIpc) is 2.90. The van der Waals surface area contributed by atoms with Crippen LogP contribution in [0.5, 0.6) is 0 Å². The van der Waals surface area contributed by atoms with E-state index in [9.17, 15) is 4.79 Å². The highest BCUT2D eigenvalue weighted by Gasteiger charge is 2.31. The predicted octanol–water partition coefficient (Wildman–Crippen LogP) is 3.37.